The predicted molar refractivity (Wildman–Crippen MR) is 199 cm³/mol. The summed E-state index contributed by atoms with van der Waals surface area (Å²) in [6.07, 6.45) is -0.984. The Morgan fingerprint density at radius 3 is 2.00 bits per heavy atom. The number of carbonyl (C=O) groups excluding carboxylic acids is 3. The first kappa shape index (κ1) is 36.8. The van der Waals surface area contributed by atoms with Gasteiger partial charge in [0, 0.05) is 18.4 Å². The molecule has 0 unspecified atom stereocenters. The maximum atomic E-state index is 13.8. The highest BCUT2D eigenvalue weighted by Gasteiger charge is 2.42. The molecule has 3 aromatic carbocycles. The van der Waals surface area contributed by atoms with Gasteiger partial charge in [-0.25, -0.2) is 9.78 Å². The van der Waals surface area contributed by atoms with E-state index in [4.69, 9.17) is 20.1 Å². The van der Waals surface area contributed by atoms with Gasteiger partial charge in [0.15, 0.2) is 10.8 Å². The lowest BCUT2D eigenvalue weighted by Crippen LogP contribution is -2.68. The molecule has 2 atom stereocenters. The van der Waals surface area contributed by atoms with Crippen LogP contribution in [-0.4, -0.2) is 61.0 Å². The van der Waals surface area contributed by atoms with Gasteiger partial charge in [-0.1, -0.05) is 121 Å². The zero-order valence-electron chi connectivity index (χ0n) is 29.0. The number of nitrogens with one attached hydrogen (secondary N) is 3. The van der Waals surface area contributed by atoms with E-state index in [0.29, 0.717) is 5.13 Å². The summed E-state index contributed by atoms with van der Waals surface area (Å²) in [5, 5.41) is 18.4. The lowest BCUT2D eigenvalue weighted by Gasteiger charge is -2.36. The largest absolute Gasteiger partial charge is 0.463 e. The fraction of sp³-hybridized carbons (Fsp3) is 0.306. The smallest absolute Gasteiger partial charge is 0.352 e. The zero-order chi connectivity index (χ0) is 36.6. The summed E-state index contributed by atoms with van der Waals surface area (Å²) in [5.74, 6) is -2.01. The van der Waals surface area contributed by atoms with E-state index in [1.165, 1.54) is 25.2 Å². The predicted octanol–water partition coefficient (Wildman–Crippen LogP) is 6.18. The molecular formula is C36H40N8O5SSi. The first-order chi connectivity index (χ1) is 24.3. The number of benzene rings is 3. The number of hydrogen-bond acceptors (Lipinski definition) is 10. The van der Waals surface area contributed by atoms with Crippen LogP contribution in [0.25, 0.3) is 10.4 Å². The van der Waals surface area contributed by atoms with Gasteiger partial charge in [0.2, 0.25) is 11.5 Å². The fourth-order valence-electron chi connectivity index (χ4n) is 5.28. The van der Waals surface area contributed by atoms with Crippen LogP contribution in [0.4, 0.5) is 5.13 Å². The van der Waals surface area contributed by atoms with Crippen LogP contribution in [0.3, 0.4) is 0 Å². The molecule has 13 nitrogen and oxygen atoms in total. The Kier molecular flexibility index (Phi) is 11.2. The number of thiazole rings is 1. The molecule has 1 aliphatic heterocycles. The van der Waals surface area contributed by atoms with E-state index in [0.717, 1.165) is 22.7 Å². The highest BCUT2D eigenvalue weighted by atomic mass is 32.1. The number of rotatable bonds is 15. The Morgan fingerprint density at radius 1 is 0.961 bits per heavy atom. The summed E-state index contributed by atoms with van der Waals surface area (Å²) < 4.78 is 5.49. The first-order valence-electron chi connectivity index (χ1n) is 16.3. The van der Waals surface area contributed by atoms with Gasteiger partial charge in [0.25, 0.3) is 5.91 Å². The molecule has 2 amide bonds. The van der Waals surface area contributed by atoms with E-state index in [9.17, 15) is 14.4 Å². The van der Waals surface area contributed by atoms with Crippen molar-refractivity contribution in [3.8, 4) is 0 Å². The summed E-state index contributed by atoms with van der Waals surface area (Å²) >= 11 is 1.23. The van der Waals surface area contributed by atoms with Gasteiger partial charge >= 0.3 is 5.97 Å². The normalized spacial score (nSPS) is 16.2. The van der Waals surface area contributed by atoms with Crippen molar-refractivity contribution in [2.24, 2.45) is 10.3 Å². The second kappa shape index (κ2) is 15.6. The number of hydrogen-bond donors (Lipinski definition) is 3. The Morgan fingerprint density at radius 2 is 1.51 bits per heavy atom. The van der Waals surface area contributed by atoms with Gasteiger partial charge in [-0.15, -0.1) is 11.3 Å². The molecule has 1 fully saturated rings. The number of nitrogens with zero attached hydrogens (tertiary/aromatic N) is 5. The summed E-state index contributed by atoms with van der Waals surface area (Å²) in [6.45, 7) is 9.74. The minimum Gasteiger partial charge on any atom is -0.463 e. The van der Waals surface area contributed by atoms with E-state index in [2.05, 4.69) is 50.8 Å². The third-order valence-electron chi connectivity index (χ3n) is 8.17. The molecule has 3 N–H and O–H groups in total. The van der Waals surface area contributed by atoms with Crippen molar-refractivity contribution in [1.82, 2.24) is 15.6 Å². The van der Waals surface area contributed by atoms with Crippen LogP contribution < -0.4 is 16.0 Å². The zero-order valence-corrected chi connectivity index (χ0v) is 30.8. The minimum atomic E-state index is -1.56. The number of oxime groups is 1. The van der Waals surface area contributed by atoms with Crippen LogP contribution in [0.1, 0.15) is 36.2 Å². The standard InChI is InChI=1S/C36H40N8O5SSi/c1-35(2,33(47)48-21-22-51(3,4)5)49-43-28(31(45)39-29-30(42-44-37)40-32(29)46)27-23-50-34(38-27)41-36(24-15-9-6-10-16-24,25-17-11-7-12-18-25)26-19-13-8-14-20-26/h6-20,23,29-30H,21-22H2,1-5H3,(H,38,41)(H,39,45)(H,40,46)/b43-28+/t29-,30+/m0/s1. The molecule has 2 heterocycles. The molecule has 0 spiro atoms. The Balaban J connectivity index is 1.52. The minimum absolute atomic E-state index is 0.117. The number of aromatic nitrogens is 1. The van der Waals surface area contributed by atoms with E-state index in [-0.39, 0.29) is 18.0 Å². The molecule has 1 aliphatic rings. The molecule has 0 aliphatic carbocycles. The van der Waals surface area contributed by atoms with Crippen LogP contribution >= 0.6 is 11.3 Å². The number of β-lactam (4-membered cyclic amide) rings is 1. The SMILES string of the molecule is CC(C)(O/N=C(/C(=O)N[C@@H]1C(=O)N[C@@H]1N=[N+]=[N-])c1csc(NC(c2ccccc2)(c2ccccc2)c2ccccc2)n1)C(=O)OCC[Si](C)(C)C. The average Bonchev–Trinajstić information content (AvgIpc) is 3.58. The summed E-state index contributed by atoms with van der Waals surface area (Å²) in [6, 6.07) is 29.5. The topological polar surface area (TPSA) is 180 Å². The van der Waals surface area contributed by atoms with Crippen molar-refractivity contribution in [1.29, 1.82) is 0 Å². The number of anilines is 1. The lowest BCUT2D eigenvalue weighted by molar-refractivity contribution is -0.167. The molecule has 4 aromatic rings. The summed E-state index contributed by atoms with van der Waals surface area (Å²) in [4.78, 5) is 52.3. The van der Waals surface area contributed by atoms with E-state index in [1.807, 2.05) is 91.0 Å². The van der Waals surface area contributed by atoms with Crippen LogP contribution in [-0.2, 0) is 29.5 Å². The van der Waals surface area contributed by atoms with Gasteiger partial charge in [0.05, 0.1) is 6.61 Å². The number of ether oxygens (including phenoxy) is 1. The molecule has 0 bridgehead atoms. The van der Waals surface area contributed by atoms with Crippen LogP contribution in [0.5, 0.6) is 0 Å². The van der Waals surface area contributed by atoms with Gasteiger partial charge < -0.3 is 25.5 Å². The number of azide groups is 1. The maximum Gasteiger partial charge on any atom is 0.352 e. The van der Waals surface area contributed by atoms with Crippen molar-refractivity contribution >= 4 is 48.0 Å². The molecular weight excluding hydrogens is 685 g/mol. The van der Waals surface area contributed by atoms with Gasteiger partial charge in [0.1, 0.15) is 23.4 Å². The number of carbonyl (C=O) groups is 3. The summed E-state index contributed by atoms with van der Waals surface area (Å²) in [7, 11) is -1.46. The Labute approximate surface area is 301 Å². The molecule has 0 radical (unpaired) electrons. The van der Waals surface area contributed by atoms with Crippen molar-refractivity contribution in [2.75, 3.05) is 11.9 Å². The van der Waals surface area contributed by atoms with Crippen LogP contribution in [0.15, 0.2) is 107 Å². The van der Waals surface area contributed by atoms with Crippen molar-refractivity contribution in [2.45, 2.75) is 62.9 Å². The molecule has 0 saturated carbocycles. The Hall–Kier alpha value is -5.50. The van der Waals surface area contributed by atoms with Gasteiger partial charge in [-0.2, -0.15) is 0 Å². The van der Waals surface area contributed by atoms with Crippen molar-refractivity contribution in [3.63, 3.8) is 0 Å². The molecule has 1 saturated heterocycles. The fourth-order valence-corrected chi connectivity index (χ4v) is 6.74. The van der Waals surface area contributed by atoms with Gasteiger partial charge in [-0.3, -0.25) is 9.59 Å². The van der Waals surface area contributed by atoms with E-state index >= 15 is 0 Å². The second-order valence-electron chi connectivity index (χ2n) is 13.6. The number of amides is 2. The number of esters is 1. The first-order valence-corrected chi connectivity index (χ1v) is 20.9. The van der Waals surface area contributed by atoms with Crippen LogP contribution in [0.2, 0.25) is 25.7 Å². The Bertz CT molecular complexity index is 1830. The van der Waals surface area contributed by atoms with E-state index < -0.39 is 49.2 Å². The average molecular weight is 725 g/mol. The second-order valence-corrected chi connectivity index (χ2v) is 20.1. The van der Waals surface area contributed by atoms with E-state index in [1.54, 1.807) is 5.38 Å². The molecule has 51 heavy (non-hydrogen) atoms. The quantitative estimate of drug-likeness (QED) is 0.0151. The molecule has 264 valence electrons. The molecule has 15 heteroatoms. The third-order valence-corrected chi connectivity index (χ3v) is 10.6. The maximum absolute atomic E-state index is 13.8. The highest BCUT2D eigenvalue weighted by molar-refractivity contribution is 7.14. The van der Waals surface area contributed by atoms with Crippen molar-refractivity contribution in [3.05, 3.63) is 129 Å². The van der Waals surface area contributed by atoms with Crippen molar-refractivity contribution < 1.29 is 24.0 Å². The molecule has 1 aromatic heterocycles. The molecule has 5 rings (SSSR count). The van der Waals surface area contributed by atoms with Gasteiger partial charge in [-0.05, 0) is 42.1 Å². The monoisotopic (exact) mass is 724 g/mol. The highest BCUT2D eigenvalue weighted by Crippen LogP contribution is 2.40. The van der Waals surface area contributed by atoms with Crippen LogP contribution in [0, 0.1) is 0 Å². The summed E-state index contributed by atoms with van der Waals surface area (Å²) in [5.41, 5.74) is 9.09. The lowest BCUT2D eigenvalue weighted by atomic mass is 9.77. The third kappa shape index (κ3) is 8.63.